The summed E-state index contributed by atoms with van der Waals surface area (Å²) in [5.41, 5.74) is -0.198. The number of carboxylic acids is 1. The smallest absolute Gasteiger partial charge is 0.315 e. The van der Waals surface area contributed by atoms with Crippen molar-refractivity contribution in [1.29, 1.82) is 0 Å². The number of para-hydroxylation sites is 1. The maximum atomic E-state index is 12.7. The molecule has 2 aliphatic heterocycles. The van der Waals surface area contributed by atoms with E-state index < -0.39 is 11.4 Å². The summed E-state index contributed by atoms with van der Waals surface area (Å²) in [6, 6.07) is 7.51. The number of benzene rings is 1. The van der Waals surface area contributed by atoms with Crippen LogP contribution in [0.5, 0.6) is 5.75 Å². The Morgan fingerprint density at radius 3 is 2.92 bits per heavy atom. The number of aromatic nitrogens is 2. The Labute approximate surface area is 151 Å². The fourth-order valence-corrected chi connectivity index (χ4v) is 4.04. The first kappa shape index (κ1) is 16.6. The summed E-state index contributed by atoms with van der Waals surface area (Å²) in [4.78, 5) is 30.7. The van der Waals surface area contributed by atoms with Gasteiger partial charge < -0.3 is 19.3 Å². The summed E-state index contributed by atoms with van der Waals surface area (Å²) < 4.78 is 7.66. The molecule has 0 bridgehead atoms. The van der Waals surface area contributed by atoms with E-state index in [-0.39, 0.29) is 25.0 Å². The summed E-state index contributed by atoms with van der Waals surface area (Å²) >= 11 is 0. The van der Waals surface area contributed by atoms with E-state index in [0.29, 0.717) is 19.5 Å². The molecule has 2 aromatic rings. The van der Waals surface area contributed by atoms with E-state index in [1.54, 1.807) is 11.1 Å². The number of carboxylic acid groups (broad SMARTS) is 1. The molecule has 1 N–H and O–H groups in total. The molecule has 0 unspecified atom stereocenters. The van der Waals surface area contributed by atoms with Gasteiger partial charge in [0.25, 0.3) is 0 Å². The molecule has 1 fully saturated rings. The van der Waals surface area contributed by atoms with Crippen LogP contribution >= 0.6 is 0 Å². The fourth-order valence-electron chi connectivity index (χ4n) is 4.04. The Balaban J connectivity index is 1.55. The zero-order chi connectivity index (χ0) is 18.3. The van der Waals surface area contributed by atoms with Crippen LogP contribution in [0.25, 0.3) is 0 Å². The van der Waals surface area contributed by atoms with Gasteiger partial charge >= 0.3 is 5.97 Å². The van der Waals surface area contributed by atoms with Crippen LogP contribution in [0.2, 0.25) is 0 Å². The second-order valence-electron chi connectivity index (χ2n) is 7.03. The zero-order valence-electron chi connectivity index (χ0n) is 14.6. The van der Waals surface area contributed by atoms with Gasteiger partial charge in [0.2, 0.25) is 5.91 Å². The third-order valence-electron chi connectivity index (χ3n) is 5.59. The standard InChI is InChI=1S/C19H21N3O4/c1-13-20-7-9-21(13)8-6-17(23)22-10-15-14-4-2-3-5-16(14)26-12-19(15,11-22)18(24)25/h2-5,7,9,15H,6,8,10-12H2,1H3,(H,24,25)/t15-,19-/m1/s1. The normalized spacial score (nSPS) is 23.9. The van der Waals surface area contributed by atoms with Crippen LogP contribution in [-0.4, -0.2) is 51.1 Å². The molecule has 0 radical (unpaired) electrons. The van der Waals surface area contributed by atoms with E-state index in [1.165, 1.54) is 0 Å². The molecule has 1 saturated heterocycles. The van der Waals surface area contributed by atoms with Gasteiger partial charge in [-0.2, -0.15) is 0 Å². The van der Waals surface area contributed by atoms with Crippen molar-refractivity contribution in [1.82, 2.24) is 14.5 Å². The van der Waals surface area contributed by atoms with Crippen LogP contribution in [0.4, 0.5) is 0 Å². The molecule has 0 aliphatic carbocycles. The quantitative estimate of drug-likeness (QED) is 0.902. The topological polar surface area (TPSA) is 84.7 Å². The molecule has 2 aliphatic rings. The van der Waals surface area contributed by atoms with Crippen molar-refractivity contribution in [2.75, 3.05) is 19.7 Å². The number of aryl methyl sites for hydroxylation is 2. The summed E-state index contributed by atoms with van der Waals surface area (Å²) in [5, 5.41) is 9.91. The lowest BCUT2D eigenvalue weighted by molar-refractivity contribution is -0.152. The van der Waals surface area contributed by atoms with Crippen LogP contribution in [0.1, 0.15) is 23.7 Å². The molecule has 1 aromatic heterocycles. The highest BCUT2D eigenvalue weighted by molar-refractivity contribution is 5.82. The fraction of sp³-hybridized carbons (Fsp3) is 0.421. The maximum Gasteiger partial charge on any atom is 0.315 e. The Hall–Kier alpha value is -2.83. The molecule has 7 nitrogen and oxygen atoms in total. The number of amides is 1. The Kier molecular flexibility index (Phi) is 3.94. The van der Waals surface area contributed by atoms with Gasteiger partial charge in [-0.1, -0.05) is 18.2 Å². The van der Waals surface area contributed by atoms with E-state index in [2.05, 4.69) is 4.98 Å². The summed E-state index contributed by atoms with van der Waals surface area (Å²) in [5.74, 6) is 0.391. The summed E-state index contributed by atoms with van der Waals surface area (Å²) in [6.45, 7) is 3.12. The number of imidazole rings is 1. The molecule has 4 rings (SSSR count). The summed E-state index contributed by atoms with van der Waals surface area (Å²) in [6.07, 6.45) is 3.87. The number of aliphatic carboxylic acids is 1. The minimum Gasteiger partial charge on any atom is -0.492 e. The molecular weight excluding hydrogens is 334 g/mol. The van der Waals surface area contributed by atoms with E-state index >= 15 is 0 Å². The highest BCUT2D eigenvalue weighted by Crippen LogP contribution is 2.49. The van der Waals surface area contributed by atoms with Gasteiger partial charge in [-0.15, -0.1) is 0 Å². The molecule has 26 heavy (non-hydrogen) atoms. The molecule has 2 atom stereocenters. The van der Waals surface area contributed by atoms with Crippen molar-refractivity contribution in [2.45, 2.75) is 25.8 Å². The lowest BCUT2D eigenvalue weighted by Crippen LogP contribution is -2.46. The second kappa shape index (κ2) is 6.16. The van der Waals surface area contributed by atoms with E-state index in [9.17, 15) is 14.7 Å². The van der Waals surface area contributed by atoms with Crippen molar-refractivity contribution >= 4 is 11.9 Å². The van der Waals surface area contributed by atoms with Gasteiger partial charge in [0, 0.05) is 49.9 Å². The van der Waals surface area contributed by atoms with Gasteiger partial charge in [-0.25, -0.2) is 4.98 Å². The number of fused-ring (bicyclic) bond motifs is 3. The highest BCUT2D eigenvalue weighted by atomic mass is 16.5. The molecular formula is C19H21N3O4. The van der Waals surface area contributed by atoms with Gasteiger partial charge in [0.1, 0.15) is 23.6 Å². The van der Waals surface area contributed by atoms with Crippen molar-refractivity contribution < 1.29 is 19.4 Å². The summed E-state index contributed by atoms with van der Waals surface area (Å²) in [7, 11) is 0. The average Bonchev–Trinajstić information content (AvgIpc) is 3.24. The van der Waals surface area contributed by atoms with Crippen molar-refractivity contribution in [2.24, 2.45) is 5.41 Å². The predicted molar refractivity (Wildman–Crippen MR) is 92.9 cm³/mol. The number of ether oxygens (including phenoxy) is 1. The highest BCUT2D eigenvalue weighted by Gasteiger charge is 2.57. The van der Waals surface area contributed by atoms with Crippen molar-refractivity contribution in [3.05, 3.63) is 48.0 Å². The number of likely N-dealkylation sites (tertiary alicyclic amines) is 1. The van der Waals surface area contributed by atoms with E-state index in [1.807, 2.05) is 42.0 Å². The first-order chi connectivity index (χ1) is 12.5. The number of carbonyl (C=O) groups excluding carboxylic acids is 1. The minimum atomic E-state index is -1.07. The van der Waals surface area contributed by atoms with Crippen LogP contribution in [0.3, 0.4) is 0 Å². The van der Waals surface area contributed by atoms with E-state index in [0.717, 1.165) is 17.1 Å². The first-order valence-corrected chi connectivity index (χ1v) is 8.72. The number of hydrogen-bond donors (Lipinski definition) is 1. The average molecular weight is 355 g/mol. The van der Waals surface area contributed by atoms with Crippen LogP contribution in [-0.2, 0) is 16.1 Å². The van der Waals surface area contributed by atoms with Crippen molar-refractivity contribution in [3.8, 4) is 5.75 Å². The second-order valence-corrected chi connectivity index (χ2v) is 7.03. The number of hydrogen-bond acceptors (Lipinski definition) is 4. The van der Waals surface area contributed by atoms with Gasteiger partial charge in [-0.3, -0.25) is 9.59 Å². The SMILES string of the molecule is Cc1nccn1CCC(=O)N1C[C@@H]2c3ccccc3OC[C@]2(C(=O)O)C1. The molecule has 7 heteroatoms. The Morgan fingerprint density at radius 1 is 1.38 bits per heavy atom. The number of carbonyl (C=O) groups is 2. The molecule has 3 heterocycles. The minimum absolute atomic E-state index is 0.0365. The monoisotopic (exact) mass is 355 g/mol. The van der Waals surface area contributed by atoms with Crippen molar-refractivity contribution in [3.63, 3.8) is 0 Å². The number of rotatable bonds is 4. The van der Waals surface area contributed by atoms with E-state index in [4.69, 9.17) is 4.74 Å². The van der Waals surface area contributed by atoms with Gasteiger partial charge in [0.05, 0.1) is 0 Å². The number of nitrogens with zero attached hydrogens (tertiary/aromatic N) is 3. The zero-order valence-corrected chi connectivity index (χ0v) is 14.6. The lowest BCUT2D eigenvalue weighted by Gasteiger charge is -2.35. The third-order valence-corrected chi connectivity index (χ3v) is 5.59. The molecule has 0 spiro atoms. The van der Waals surface area contributed by atoms with Gasteiger partial charge in [-0.05, 0) is 13.0 Å². The molecule has 0 saturated carbocycles. The van der Waals surface area contributed by atoms with Crippen LogP contribution in [0.15, 0.2) is 36.7 Å². The molecule has 136 valence electrons. The van der Waals surface area contributed by atoms with Crippen LogP contribution < -0.4 is 4.74 Å². The first-order valence-electron chi connectivity index (χ1n) is 8.72. The lowest BCUT2D eigenvalue weighted by atomic mass is 9.73. The van der Waals surface area contributed by atoms with Crippen LogP contribution in [0, 0.1) is 12.3 Å². The van der Waals surface area contributed by atoms with Gasteiger partial charge in [0.15, 0.2) is 0 Å². The maximum absolute atomic E-state index is 12.7. The molecule has 1 amide bonds. The third kappa shape index (κ3) is 2.55. The predicted octanol–water partition coefficient (Wildman–Crippen LogP) is 1.67. The Morgan fingerprint density at radius 2 is 2.19 bits per heavy atom. The Bertz CT molecular complexity index is 862. The largest absolute Gasteiger partial charge is 0.492 e. The molecule has 1 aromatic carbocycles.